The molecule has 116 valence electrons. The lowest BCUT2D eigenvalue weighted by atomic mass is 10.1. The Hall–Kier alpha value is -1.42. The van der Waals surface area contributed by atoms with E-state index in [2.05, 4.69) is 11.8 Å². The van der Waals surface area contributed by atoms with E-state index in [1.807, 2.05) is 20.8 Å². The number of benzene rings is 1. The maximum Gasteiger partial charge on any atom is 0.243 e. The van der Waals surface area contributed by atoms with Gasteiger partial charge in [-0.2, -0.15) is 4.31 Å². The molecule has 0 aliphatic carbocycles. The van der Waals surface area contributed by atoms with E-state index in [0.29, 0.717) is 0 Å². The average molecular weight is 312 g/mol. The zero-order chi connectivity index (χ0) is 16.2. The summed E-state index contributed by atoms with van der Waals surface area (Å²) in [6, 6.07) is 3.54. The SMILES string of the molecule is CC(C)C(C)N(C)S(=O)(=O)c1ccc(C#CCN)c(F)c1. The standard InChI is InChI=1S/C15H21FN2O2S/c1-11(2)12(3)18(4)21(19,20)14-8-7-13(6-5-9-17)15(16)10-14/h7-8,10-12H,9,17H2,1-4H3. The Bertz CT molecular complexity index is 660. The van der Waals surface area contributed by atoms with Gasteiger partial charge in [0.25, 0.3) is 0 Å². The number of halogens is 1. The summed E-state index contributed by atoms with van der Waals surface area (Å²) >= 11 is 0. The highest BCUT2D eigenvalue weighted by molar-refractivity contribution is 7.89. The Kier molecular flexibility index (Phi) is 5.90. The smallest absolute Gasteiger partial charge is 0.243 e. The van der Waals surface area contributed by atoms with Gasteiger partial charge < -0.3 is 5.73 Å². The van der Waals surface area contributed by atoms with E-state index in [-0.39, 0.29) is 29.0 Å². The fourth-order valence-corrected chi connectivity index (χ4v) is 3.22. The number of nitrogens with two attached hydrogens (primary N) is 1. The predicted octanol–water partition coefficient (Wildman–Crippen LogP) is 1.80. The summed E-state index contributed by atoms with van der Waals surface area (Å²) in [6.07, 6.45) is 0. The van der Waals surface area contributed by atoms with Gasteiger partial charge in [-0.15, -0.1) is 0 Å². The first-order chi connectivity index (χ1) is 9.71. The van der Waals surface area contributed by atoms with Crippen molar-refractivity contribution in [3.63, 3.8) is 0 Å². The van der Waals surface area contributed by atoms with Crippen LogP contribution in [0, 0.1) is 23.6 Å². The number of nitrogens with zero attached hydrogens (tertiary/aromatic N) is 1. The normalized spacial score (nSPS) is 13.1. The summed E-state index contributed by atoms with van der Waals surface area (Å²) < 4.78 is 40.1. The summed E-state index contributed by atoms with van der Waals surface area (Å²) in [5.74, 6) is 4.59. The molecule has 1 atom stereocenters. The van der Waals surface area contributed by atoms with Crippen LogP contribution in [0.3, 0.4) is 0 Å². The first kappa shape index (κ1) is 17.6. The molecular formula is C15H21FN2O2S. The monoisotopic (exact) mass is 312 g/mol. The van der Waals surface area contributed by atoms with Crippen molar-refractivity contribution in [2.24, 2.45) is 11.7 Å². The quantitative estimate of drug-likeness (QED) is 0.862. The maximum absolute atomic E-state index is 13.9. The van der Waals surface area contributed by atoms with Crippen LogP contribution in [0.5, 0.6) is 0 Å². The Morgan fingerprint density at radius 2 is 1.95 bits per heavy atom. The van der Waals surface area contributed by atoms with Crippen LogP contribution >= 0.6 is 0 Å². The van der Waals surface area contributed by atoms with Crippen molar-refractivity contribution >= 4 is 10.0 Å². The highest BCUT2D eigenvalue weighted by Gasteiger charge is 2.27. The first-order valence-corrected chi connectivity index (χ1v) is 8.12. The van der Waals surface area contributed by atoms with Gasteiger partial charge in [0.2, 0.25) is 10.0 Å². The molecule has 4 nitrogen and oxygen atoms in total. The Morgan fingerprint density at radius 3 is 2.43 bits per heavy atom. The van der Waals surface area contributed by atoms with Crippen LogP contribution in [-0.4, -0.2) is 32.4 Å². The second kappa shape index (κ2) is 7.03. The van der Waals surface area contributed by atoms with Crippen molar-refractivity contribution < 1.29 is 12.8 Å². The van der Waals surface area contributed by atoms with Gasteiger partial charge >= 0.3 is 0 Å². The highest BCUT2D eigenvalue weighted by atomic mass is 32.2. The molecule has 0 saturated heterocycles. The van der Waals surface area contributed by atoms with Crippen LogP contribution in [0.25, 0.3) is 0 Å². The molecule has 6 heteroatoms. The van der Waals surface area contributed by atoms with Gasteiger partial charge in [-0.05, 0) is 31.0 Å². The molecule has 21 heavy (non-hydrogen) atoms. The molecule has 0 saturated carbocycles. The third-order valence-electron chi connectivity index (χ3n) is 3.48. The fraction of sp³-hybridized carbons (Fsp3) is 0.467. The van der Waals surface area contributed by atoms with Gasteiger partial charge in [0.05, 0.1) is 17.0 Å². The zero-order valence-electron chi connectivity index (χ0n) is 12.7. The topological polar surface area (TPSA) is 63.4 Å². The summed E-state index contributed by atoms with van der Waals surface area (Å²) in [5, 5.41) is 0. The molecule has 1 rings (SSSR count). The summed E-state index contributed by atoms with van der Waals surface area (Å²) in [6.45, 7) is 5.80. The molecular weight excluding hydrogens is 291 g/mol. The molecule has 1 unspecified atom stereocenters. The second-order valence-electron chi connectivity index (χ2n) is 5.15. The van der Waals surface area contributed by atoms with Gasteiger partial charge in [-0.1, -0.05) is 25.7 Å². The van der Waals surface area contributed by atoms with Crippen LogP contribution in [0.1, 0.15) is 26.3 Å². The lowest BCUT2D eigenvalue weighted by molar-refractivity contribution is 0.315. The van der Waals surface area contributed by atoms with E-state index >= 15 is 0 Å². The predicted molar refractivity (Wildman–Crippen MR) is 81.6 cm³/mol. The third-order valence-corrected chi connectivity index (χ3v) is 5.42. The van der Waals surface area contributed by atoms with Crippen molar-refractivity contribution in [1.82, 2.24) is 4.31 Å². The van der Waals surface area contributed by atoms with Crippen molar-refractivity contribution in [3.8, 4) is 11.8 Å². The number of hydrogen-bond acceptors (Lipinski definition) is 3. The second-order valence-corrected chi connectivity index (χ2v) is 7.15. The molecule has 0 aliphatic rings. The van der Waals surface area contributed by atoms with Gasteiger partial charge in [0.15, 0.2) is 0 Å². The van der Waals surface area contributed by atoms with Gasteiger partial charge in [0.1, 0.15) is 5.82 Å². The lowest BCUT2D eigenvalue weighted by Gasteiger charge is -2.27. The zero-order valence-corrected chi connectivity index (χ0v) is 13.5. The molecule has 0 aromatic heterocycles. The molecule has 0 radical (unpaired) electrons. The van der Waals surface area contributed by atoms with Crippen LogP contribution in [0.2, 0.25) is 0 Å². The Labute approximate surface area is 126 Å². The number of rotatable bonds is 4. The molecule has 1 aromatic carbocycles. The average Bonchev–Trinajstić information content (AvgIpc) is 2.44. The summed E-state index contributed by atoms with van der Waals surface area (Å²) in [4.78, 5) is -0.0756. The molecule has 0 spiro atoms. The number of hydrogen-bond donors (Lipinski definition) is 1. The minimum absolute atomic E-state index is 0.0756. The van der Waals surface area contributed by atoms with E-state index < -0.39 is 15.8 Å². The van der Waals surface area contributed by atoms with Gasteiger partial charge in [-0.3, -0.25) is 0 Å². The molecule has 0 amide bonds. The molecule has 0 heterocycles. The van der Waals surface area contributed by atoms with E-state index in [1.165, 1.54) is 23.5 Å². The maximum atomic E-state index is 13.9. The minimum Gasteiger partial charge on any atom is -0.320 e. The molecule has 1 aromatic rings. The fourth-order valence-electron chi connectivity index (χ4n) is 1.71. The summed E-state index contributed by atoms with van der Waals surface area (Å²) in [5.41, 5.74) is 5.37. The molecule has 0 bridgehead atoms. The van der Waals surface area contributed by atoms with E-state index in [1.54, 1.807) is 0 Å². The first-order valence-electron chi connectivity index (χ1n) is 6.68. The molecule has 2 N–H and O–H groups in total. The van der Waals surface area contributed by atoms with Crippen LogP contribution in [0.4, 0.5) is 4.39 Å². The minimum atomic E-state index is -3.72. The number of sulfonamides is 1. The Morgan fingerprint density at radius 1 is 1.33 bits per heavy atom. The van der Waals surface area contributed by atoms with Crippen molar-refractivity contribution in [2.45, 2.75) is 31.7 Å². The van der Waals surface area contributed by atoms with Crippen molar-refractivity contribution in [2.75, 3.05) is 13.6 Å². The lowest BCUT2D eigenvalue weighted by Crippen LogP contribution is -2.38. The van der Waals surface area contributed by atoms with Crippen LogP contribution in [0.15, 0.2) is 23.1 Å². The largest absolute Gasteiger partial charge is 0.320 e. The molecule has 0 fully saturated rings. The summed E-state index contributed by atoms with van der Waals surface area (Å²) in [7, 11) is -2.22. The van der Waals surface area contributed by atoms with Crippen molar-refractivity contribution in [1.29, 1.82) is 0 Å². The van der Waals surface area contributed by atoms with Crippen LogP contribution < -0.4 is 5.73 Å². The van der Waals surface area contributed by atoms with Gasteiger partial charge in [0, 0.05) is 13.1 Å². The van der Waals surface area contributed by atoms with Crippen LogP contribution in [-0.2, 0) is 10.0 Å². The highest BCUT2D eigenvalue weighted by Crippen LogP contribution is 2.21. The van der Waals surface area contributed by atoms with E-state index in [4.69, 9.17) is 5.73 Å². The van der Waals surface area contributed by atoms with E-state index in [9.17, 15) is 12.8 Å². The van der Waals surface area contributed by atoms with Crippen molar-refractivity contribution in [3.05, 3.63) is 29.6 Å². The Balaban J connectivity index is 3.19. The third kappa shape index (κ3) is 4.03. The van der Waals surface area contributed by atoms with Gasteiger partial charge in [-0.25, -0.2) is 12.8 Å². The molecule has 0 aliphatic heterocycles. The van der Waals surface area contributed by atoms with E-state index in [0.717, 1.165) is 6.07 Å².